The van der Waals surface area contributed by atoms with Gasteiger partial charge in [-0.1, -0.05) is 17.7 Å². The van der Waals surface area contributed by atoms with Crippen LogP contribution < -0.4 is 4.72 Å². The van der Waals surface area contributed by atoms with Crippen LogP contribution in [0.2, 0.25) is 5.02 Å². The second kappa shape index (κ2) is 6.48. The molecule has 124 valence electrons. The molecule has 1 N–H and O–H groups in total. The summed E-state index contributed by atoms with van der Waals surface area (Å²) in [6, 6.07) is 11.3. The molecule has 0 fully saturated rings. The lowest BCUT2D eigenvalue weighted by atomic mass is 10.3. The fourth-order valence-electron chi connectivity index (χ4n) is 1.76. The van der Waals surface area contributed by atoms with Crippen LogP contribution in [0, 0.1) is 0 Å². The lowest BCUT2D eigenvalue weighted by Gasteiger charge is -2.13. The van der Waals surface area contributed by atoms with E-state index >= 15 is 0 Å². The second-order valence-corrected chi connectivity index (χ2v) is 9.15. The highest BCUT2D eigenvalue weighted by molar-refractivity contribution is 7.92. The zero-order valence-corrected chi connectivity index (χ0v) is 14.8. The summed E-state index contributed by atoms with van der Waals surface area (Å²) in [6.07, 6.45) is 0. The molecule has 0 atom stereocenters. The molecule has 0 radical (unpaired) electrons. The van der Waals surface area contributed by atoms with E-state index in [1.165, 1.54) is 62.6 Å². The largest absolute Gasteiger partial charge is 0.280 e. The van der Waals surface area contributed by atoms with Gasteiger partial charge in [0.15, 0.2) is 0 Å². The van der Waals surface area contributed by atoms with E-state index < -0.39 is 20.0 Å². The highest BCUT2D eigenvalue weighted by Crippen LogP contribution is 2.21. The Hall–Kier alpha value is -1.61. The minimum absolute atomic E-state index is 0.00111. The second-order valence-electron chi connectivity index (χ2n) is 4.87. The van der Waals surface area contributed by atoms with Crippen molar-refractivity contribution >= 4 is 37.3 Å². The Labute approximate surface area is 140 Å². The van der Waals surface area contributed by atoms with Gasteiger partial charge in [-0.05, 0) is 42.5 Å². The zero-order valence-electron chi connectivity index (χ0n) is 12.4. The van der Waals surface area contributed by atoms with Gasteiger partial charge in [-0.2, -0.15) is 0 Å². The van der Waals surface area contributed by atoms with Crippen LogP contribution in [0.1, 0.15) is 0 Å². The van der Waals surface area contributed by atoms with Crippen LogP contribution in [0.3, 0.4) is 0 Å². The summed E-state index contributed by atoms with van der Waals surface area (Å²) in [5, 5.41) is 0.419. The van der Waals surface area contributed by atoms with E-state index in [0.29, 0.717) is 5.02 Å². The molecule has 0 amide bonds. The van der Waals surface area contributed by atoms with Gasteiger partial charge >= 0.3 is 0 Å². The number of hydrogen-bond acceptors (Lipinski definition) is 4. The standard InChI is InChI=1S/C14H15ClN2O4S2/c1-17(2)23(20,21)14-5-3-4-12(10-14)16-22(18,19)13-8-6-11(15)7-9-13/h3-10,16H,1-2H3. The van der Waals surface area contributed by atoms with Crippen LogP contribution in [0.25, 0.3) is 0 Å². The van der Waals surface area contributed by atoms with Crippen LogP contribution in [0.15, 0.2) is 58.3 Å². The molecule has 0 saturated carbocycles. The maximum absolute atomic E-state index is 12.3. The average Bonchev–Trinajstić information content (AvgIpc) is 2.47. The van der Waals surface area contributed by atoms with E-state index in [1.807, 2.05) is 0 Å². The van der Waals surface area contributed by atoms with E-state index in [9.17, 15) is 16.8 Å². The molecular formula is C14H15ClN2O4S2. The number of halogens is 1. The molecule has 0 aromatic heterocycles. The van der Waals surface area contributed by atoms with Crippen molar-refractivity contribution in [3.05, 3.63) is 53.6 Å². The van der Waals surface area contributed by atoms with Crippen molar-refractivity contribution in [2.45, 2.75) is 9.79 Å². The van der Waals surface area contributed by atoms with E-state index in [0.717, 1.165) is 4.31 Å². The molecule has 2 rings (SSSR count). The maximum atomic E-state index is 12.3. The summed E-state index contributed by atoms with van der Waals surface area (Å²) in [5.41, 5.74) is 0.155. The summed E-state index contributed by atoms with van der Waals surface area (Å²) in [5.74, 6) is 0. The molecule has 0 aliphatic rings. The van der Waals surface area contributed by atoms with Crippen molar-refractivity contribution in [2.24, 2.45) is 0 Å². The van der Waals surface area contributed by atoms with E-state index in [2.05, 4.69) is 4.72 Å². The van der Waals surface area contributed by atoms with Crippen LogP contribution in [-0.2, 0) is 20.0 Å². The fraction of sp³-hybridized carbons (Fsp3) is 0.143. The predicted octanol–water partition coefficient (Wildman–Crippen LogP) is 2.39. The van der Waals surface area contributed by atoms with E-state index in [-0.39, 0.29) is 15.5 Å². The number of nitrogens with zero attached hydrogens (tertiary/aromatic N) is 1. The molecule has 6 nitrogen and oxygen atoms in total. The number of rotatable bonds is 5. The van der Waals surface area contributed by atoms with Crippen molar-refractivity contribution in [3.8, 4) is 0 Å². The third-order valence-corrected chi connectivity index (χ3v) is 6.45. The number of hydrogen-bond donors (Lipinski definition) is 1. The van der Waals surface area contributed by atoms with Gasteiger partial charge in [-0.25, -0.2) is 21.1 Å². The molecule has 2 aromatic rings. The van der Waals surface area contributed by atoms with E-state index in [4.69, 9.17) is 11.6 Å². The monoisotopic (exact) mass is 374 g/mol. The number of benzene rings is 2. The molecule has 0 heterocycles. The molecule has 0 bridgehead atoms. The minimum atomic E-state index is -3.83. The summed E-state index contributed by atoms with van der Waals surface area (Å²) >= 11 is 5.74. The predicted molar refractivity (Wildman–Crippen MR) is 89.6 cm³/mol. The molecule has 0 saturated heterocycles. The normalized spacial score (nSPS) is 12.3. The van der Waals surface area contributed by atoms with Gasteiger partial charge < -0.3 is 0 Å². The summed E-state index contributed by atoms with van der Waals surface area (Å²) < 4.78 is 52.2. The molecule has 2 aromatic carbocycles. The van der Waals surface area contributed by atoms with Gasteiger partial charge in [-0.3, -0.25) is 4.72 Å². The highest BCUT2D eigenvalue weighted by Gasteiger charge is 2.19. The van der Waals surface area contributed by atoms with Crippen LogP contribution in [0.5, 0.6) is 0 Å². The molecule has 23 heavy (non-hydrogen) atoms. The van der Waals surface area contributed by atoms with Gasteiger partial charge in [-0.15, -0.1) is 0 Å². The van der Waals surface area contributed by atoms with Gasteiger partial charge in [0.2, 0.25) is 10.0 Å². The Morgan fingerprint density at radius 2 is 1.52 bits per heavy atom. The Kier molecular flexibility index (Phi) is 5.00. The topological polar surface area (TPSA) is 83.6 Å². The summed E-state index contributed by atoms with van der Waals surface area (Å²) in [4.78, 5) is 0.0292. The first-order chi connectivity index (χ1) is 10.6. The molecular weight excluding hydrogens is 360 g/mol. The molecule has 0 aliphatic heterocycles. The van der Waals surface area contributed by atoms with Crippen molar-refractivity contribution < 1.29 is 16.8 Å². The van der Waals surface area contributed by atoms with Gasteiger partial charge in [0, 0.05) is 19.1 Å². The Balaban J connectivity index is 2.36. The van der Waals surface area contributed by atoms with Gasteiger partial charge in [0.05, 0.1) is 15.5 Å². The number of anilines is 1. The highest BCUT2D eigenvalue weighted by atomic mass is 35.5. The van der Waals surface area contributed by atoms with Crippen molar-refractivity contribution in [3.63, 3.8) is 0 Å². The average molecular weight is 375 g/mol. The van der Waals surface area contributed by atoms with Crippen molar-refractivity contribution in [1.82, 2.24) is 4.31 Å². The first-order valence-electron chi connectivity index (χ1n) is 6.44. The Morgan fingerprint density at radius 3 is 2.09 bits per heavy atom. The SMILES string of the molecule is CN(C)S(=O)(=O)c1cccc(NS(=O)(=O)c2ccc(Cl)cc2)c1. The van der Waals surface area contributed by atoms with Crippen molar-refractivity contribution in [2.75, 3.05) is 18.8 Å². The lowest BCUT2D eigenvalue weighted by Crippen LogP contribution is -2.22. The first kappa shape index (κ1) is 17.7. The molecule has 9 heteroatoms. The van der Waals surface area contributed by atoms with Crippen LogP contribution >= 0.6 is 11.6 Å². The minimum Gasteiger partial charge on any atom is -0.280 e. The molecule has 0 unspecified atom stereocenters. The van der Waals surface area contributed by atoms with Gasteiger partial charge in [0.1, 0.15) is 0 Å². The van der Waals surface area contributed by atoms with Gasteiger partial charge in [0.25, 0.3) is 10.0 Å². The fourth-order valence-corrected chi connectivity index (χ4v) is 3.88. The third kappa shape index (κ3) is 4.03. The van der Waals surface area contributed by atoms with Crippen molar-refractivity contribution in [1.29, 1.82) is 0 Å². The Bertz CT molecular complexity index is 908. The van der Waals surface area contributed by atoms with Crippen LogP contribution in [-0.4, -0.2) is 35.2 Å². The molecule has 0 spiro atoms. The lowest BCUT2D eigenvalue weighted by molar-refractivity contribution is 0.521. The summed E-state index contributed by atoms with van der Waals surface area (Å²) in [6.45, 7) is 0. The number of nitrogens with one attached hydrogen (secondary N) is 1. The smallest absolute Gasteiger partial charge is 0.261 e. The third-order valence-electron chi connectivity index (χ3n) is 2.99. The summed E-state index contributed by atoms with van der Waals surface area (Å²) in [7, 11) is -4.67. The maximum Gasteiger partial charge on any atom is 0.261 e. The zero-order chi connectivity index (χ0) is 17.3. The Morgan fingerprint density at radius 1 is 0.913 bits per heavy atom. The quantitative estimate of drug-likeness (QED) is 0.870. The first-order valence-corrected chi connectivity index (χ1v) is 9.74. The number of sulfonamides is 2. The molecule has 0 aliphatic carbocycles. The van der Waals surface area contributed by atoms with Crippen LogP contribution in [0.4, 0.5) is 5.69 Å². The van der Waals surface area contributed by atoms with E-state index in [1.54, 1.807) is 0 Å².